The molecule has 1 aromatic heterocycles. The van der Waals surface area contributed by atoms with Gasteiger partial charge in [0.15, 0.2) is 0 Å². The molecule has 0 fully saturated rings. The Bertz CT molecular complexity index is 380. The molecule has 2 N–H and O–H groups in total. The number of hydrogen-bond donors (Lipinski definition) is 2. The molecule has 0 bridgehead atoms. The van der Waals surface area contributed by atoms with E-state index in [9.17, 15) is 4.79 Å². The van der Waals surface area contributed by atoms with Gasteiger partial charge in [-0.05, 0) is 29.9 Å². The zero-order valence-electron chi connectivity index (χ0n) is 10.0. The molecule has 0 radical (unpaired) electrons. The van der Waals surface area contributed by atoms with Crippen molar-refractivity contribution < 1.29 is 4.79 Å². The van der Waals surface area contributed by atoms with Gasteiger partial charge in [0.1, 0.15) is 0 Å². The van der Waals surface area contributed by atoms with E-state index in [1.165, 1.54) is 4.88 Å². The van der Waals surface area contributed by atoms with E-state index in [-0.39, 0.29) is 6.03 Å². The van der Waals surface area contributed by atoms with Crippen LogP contribution in [0.25, 0.3) is 0 Å². The van der Waals surface area contributed by atoms with E-state index in [1.807, 2.05) is 0 Å². The second-order valence-electron chi connectivity index (χ2n) is 3.89. The summed E-state index contributed by atoms with van der Waals surface area (Å²) >= 11 is 1.75. The van der Waals surface area contributed by atoms with Crippen molar-refractivity contribution in [2.45, 2.75) is 13.3 Å². The van der Waals surface area contributed by atoms with Crippen LogP contribution < -0.4 is 10.6 Å². The number of urea groups is 1. The number of rotatable bonds is 6. The van der Waals surface area contributed by atoms with Crippen LogP contribution in [-0.2, 0) is 6.42 Å². The Balaban J connectivity index is 2.16. The Labute approximate surface area is 106 Å². The van der Waals surface area contributed by atoms with Gasteiger partial charge in [0.05, 0.1) is 0 Å². The number of thiophene rings is 1. The van der Waals surface area contributed by atoms with E-state index in [0.29, 0.717) is 19.0 Å². The van der Waals surface area contributed by atoms with E-state index in [1.54, 1.807) is 17.4 Å². The van der Waals surface area contributed by atoms with Gasteiger partial charge in [-0.3, -0.25) is 0 Å². The first-order chi connectivity index (χ1) is 8.22. The lowest BCUT2D eigenvalue weighted by Crippen LogP contribution is -2.38. The second-order valence-corrected chi connectivity index (χ2v) is 4.92. The van der Waals surface area contributed by atoms with Gasteiger partial charge in [0.25, 0.3) is 0 Å². The lowest BCUT2D eigenvalue weighted by atomic mass is 10.1. The zero-order valence-corrected chi connectivity index (χ0v) is 10.8. The molecule has 0 aliphatic heterocycles. The van der Waals surface area contributed by atoms with Crippen LogP contribution in [0.3, 0.4) is 0 Å². The summed E-state index contributed by atoms with van der Waals surface area (Å²) in [6.45, 7) is 6.70. The number of carbonyl (C=O) groups excluding carboxylic acids is 1. The van der Waals surface area contributed by atoms with Gasteiger partial charge >= 0.3 is 6.03 Å². The molecule has 0 spiro atoms. The second kappa shape index (κ2) is 7.71. The Morgan fingerprint density at radius 1 is 1.65 bits per heavy atom. The smallest absolute Gasteiger partial charge is 0.315 e. The molecular weight excluding hydrogens is 232 g/mol. The third kappa shape index (κ3) is 5.95. The van der Waals surface area contributed by atoms with Crippen molar-refractivity contribution in [2.75, 3.05) is 13.1 Å². The van der Waals surface area contributed by atoms with Crippen LogP contribution in [0.15, 0.2) is 35.9 Å². The summed E-state index contributed by atoms with van der Waals surface area (Å²) in [4.78, 5) is 12.7. The molecule has 0 saturated carbocycles. The fraction of sp³-hybridized carbons (Fsp3) is 0.385. The Hall–Kier alpha value is -1.51. The van der Waals surface area contributed by atoms with Gasteiger partial charge in [-0.1, -0.05) is 19.6 Å². The maximum absolute atomic E-state index is 11.3. The predicted octanol–water partition coefficient (Wildman–Crippen LogP) is 2.57. The summed E-state index contributed by atoms with van der Waals surface area (Å²) in [6.07, 6.45) is 2.68. The molecule has 0 aliphatic rings. The number of amides is 2. The molecule has 17 heavy (non-hydrogen) atoms. The third-order valence-electron chi connectivity index (χ3n) is 2.25. The van der Waals surface area contributed by atoms with E-state index in [0.717, 1.165) is 6.42 Å². The lowest BCUT2D eigenvalue weighted by molar-refractivity contribution is 0.240. The highest BCUT2D eigenvalue weighted by Crippen LogP contribution is 2.13. The summed E-state index contributed by atoms with van der Waals surface area (Å²) in [5.74, 6) is 0.439. The highest BCUT2D eigenvalue weighted by molar-refractivity contribution is 7.09. The van der Waals surface area contributed by atoms with Crippen molar-refractivity contribution in [2.24, 2.45) is 5.92 Å². The monoisotopic (exact) mass is 250 g/mol. The van der Waals surface area contributed by atoms with Crippen molar-refractivity contribution in [1.82, 2.24) is 10.6 Å². The molecule has 0 aliphatic carbocycles. The molecule has 0 aromatic carbocycles. The van der Waals surface area contributed by atoms with Crippen molar-refractivity contribution in [3.05, 3.63) is 40.8 Å². The van der Waals surface area contributed by atoms with Gasteiger partial charge in [-0.25, -0.2) is 4.79 Å². The first-order valence-corrected chi connectivity index (χ1v) is 6.48. The van der Waals surface area contributed by atoms with Crippen molar-refractivity contribution in [1.29, 1.82) is 0 Å². The van der Waals surface area contributed by atoms with Crippen molar-refractivity contribution >= 4 is 17.4 Å². The molecule has 1 atom stereocenters. The highest BCUT2D eigenvalue weighted by atomic mass is 32.1. The minimum atomic E-state index is -0.144. The average molecular weight is 250 g/mol. The summed E-state index contributed by atoms with van der Waals surface area (Å²) in [7, 11) is 0. The van der Waals surface area contributed by atoms with Gasteiger partial charge in [0.2, 0.25) is 0 Å². The first kappa shape index (κ1) is 13.6. The largest absolute Gasteiger partial charge is 0.338 e. The van der Waals surface area contributed by atoms with Gasteiger partial charge in [0, 0.05) is 18.0 Å². The fourth-order valence-electron chi connectivity index (χ4n) is 1.39. The molecule has 1 heterocycles. The van der Waals surface area contributed by atoms with E-state index < -0.39 is 0 Å². The standard InChI is InChI=1S/C13H18N2OS/c1-3-4-7-14-13(16)15-10-11(2)9-12-6-5-8-17-12/h4-6,8,11H,1,7,9-10H2,2H3,(H2,14,15,16). The molecular formula is C13H18N2OS. The summed E-state index contributed by atoms with van der Waals surface area (Å²) in [5, 5.41) is 7.61. The van der Waals surface area contributed by atoms with Crippen LogP contribution in [0, 0.1) is 5.92 Å². The molecule has 1 aromatic rings. The summed E-state index contributed by atoms with van der Waals surface area (Å²) in [6, 6.07) is 4.03. The molecule has 4 heteroatoms. The van der Waals surface area contributed by atoms with Crippen molar-refractivity contribution in [3.63, 3.8) is 0 Å². The normalized spacial score (nSPS) is 11.4. The number of nitrogens with one attached hydrogen (secondary N) is 2. The number of carbonyl (C=O) groups is 1. The fourth-order valence-corrected chi connectivity index (χ4v) is 2.26. The minimum Gasteiger partial charge on any atom is -0.338 e. The minimum absolute atomic E-state index is 0.144. The predicted molar refractivity (Wildman–Crippen MR) is 72.3 cm³/mol. The molecule has 92 valence electrons. The maximum atomic E-state index is 11.3. The topological polar surface area (TPSA) is 41.1 Å². The first-order valence-electron chi connectivity index (χ1n) is 5.60. The molecule has 3 nitrogen and oxygen atoms in total. The van der Waals surface area contributed by atoms with E-state index in [4.69, 9.17) is 0 Å². The van der Waals surface area contributed by atoms with E-state index >= 15 is 0 Å². The lowest BCUT2D eigenvalue weighted by Gasteiger charge is -2.11. The number of hydrogen-bond acceptors (Lipinski definition) is 2. The van der Waals surface area contributed by atoms with Crippen LogP contribution in [0.5, 0.6) is 0 Å². The van der Waals surface area contributed by atoms with Gasteiger partial charge in [-0.15, -0.1) is 17.1 Å². The molecule has 1 unspecified atom stereocenters. The van der Waals surface area contributed by atoms with Crippen LogP contribution in [-0.4, -0.2) is 19.1 Å². The Kier molecular flexibility index (Phi) is 6.15. The van der Waals surface area contributed by atoms with E-state index in [2.05, 4.69) is 47.4 Å². The highest BCUT2D eigenvalue weighted by Gasteiger charge is 2.06. The Morgan fingerprint density at radius 2 is 2.47 bits per heavy atom. The quantitative estimate of drug-likeness (QED) is 0.749. The van der Waals surface area contributed by atoms with Crippen LogP contribution >= 0.6 is 11.3 Å². The third-order valence-corrected chi connectivity index (χ3v) is 3.15. The summed E-state index contributed by atoms with van der Waals surface area (Å²) < 4.78 is 0. The molecule has 1 rings (SSSR count). The average Bonchev–Trinajstić information content (AvgIpc) is 2.79. The van der Waals surface area contributed by atoms with Crippen molar-refractivity contribution in [3.8, 4) is 0 Å². The SMILES string of the molecule is C=C=CCNC(=O)NCC(C)Cc1cccs1. The van der Waals surface area contributed by atoms with Crippen LogP contribution in [0.1, 0.15) is 11.8 Å². The van der Waals surface area contributed by atoms with Gasteiger partial charge < -0.3 is 10.6 Å². The molecule has 2 amide bonds. The van der Waals surface area contributed by atoms with Crippen LogP contribution in [0.2, 0.25) is 0 Å². The zero-order chi connectivity index (χ0) is 12.5. The van der Waals surface area contributed by atoms with Crippen LogP contribution in [0.4, 0.5) is 4.79 Å². The summed E-state index contributed by atoms with van der Waals surface area (Å²) in [5.41, 5.74) is 2.60. The molecule has 0 saturated heterocycles. The maximum Gasteiger partial charge on any atom is 0.315 e. The van der Waals surface area contributed by atoms with Gasteiger partial charge in [-0.2, -0.15) is 0 Å². The Morgan fingerprint density at radius 3 is 3.12 bits per heavy atom.